The number of piperazine rings is 2. The minimum atomic E-state index is -2.85. The molecule has 0 aliphatic carbocycles. The maximum atomic E-state index is 12.3. The average molecular weight is 558 g/mol. The maximum absolute atomic E-state index is 12.3. The first-order valence-electron chi connectivity index (χ1n) is 15.7. The number of aromatic nitrogens is 2. The number of anilines is 2. The van der Waals surface area contributed by atoms with Crippen molar-refractivity contribution in [2.45, 2.75) is 6.37 Å². The zero-order chi connectivity index (χ0) is 31.4. The van der Waals surface area contributed by atoms with E-state index >= 15 is 0 Å². The van der Waals surface area contributed by atoms with Crippen LogP contribution < -0.4 is 14.5 Å². The molecule has 0 amide bonds. The van der Waals surface area contributed by atoms with Crippen LogP contribution in [-0.2, 0) is 0 Å². The molecule has 7 nitrogen and oxygen atoms in total. The Bertz CT molecular complexity index is 1700. The van der Waals surface area contributed by atoms with E-state index in [0.29, 0.717) is 41.7 Å². The van der Waals surface area contributed by atoms with Gasteiger partial charge in [0.1, 0.15) is 0 Å². The zero-order valence-electron chi connectivity index (χ0n) is 26.8. The molecule has 0 radical (unpaired) electrons. The first-order valence-corrected chi connectivity index (χ1v) is 13.4. The number of rotatable bonds is 6. The molecule has 6 rings (SSSR count). The standard InChI is InChI=1S/C29H32Cl2N6O/c30-22-2-4-24-26(20-22)32-8-6-27(24)35-16-12-33(13-17-35)9-1-10-34-14-18-36(19-15-34)28-7-11-37(38)29-21-23(31)3-5-25(28)29/h2-8,11,20-21H,1,9-10,12-19H2/i1D2,9D2,10D2. The first-order chi connectivity index (χ1) is 20.8. The van der Waals surface area contributed by atoms with Gasteiger partial charge in [-0.3, -0.25) is 14.8 Å². The lowest BCUT2D eigenvalue weighted by molar-refractivity contribution is -0.576. The molecule has 2 saturated heterocycles. The SMILES string of the molecule is [2H]C([2H])(N1CCN(c2ccnc3cc(Cl)ccc23)CC1)C([2H])([2H])C([2H])([2H])N1CCN(c2cc[n+]([O-])c3cc(Cl)ccc23)CC1. The van der Waals surface area contributed by atoms with E-state index in [2.05, 4.69) is 9.88 Å². The molecule has 2 aromatic carbocycles. The second kappa shape index (κ2) is 11.1. The molecule has 0 N–H and O–H groups in total. The summed E-state index contributed by atoms with van der Waals surface area (Å²) < 4.78 is 54.0. The van der Waals surface area contributed by atoms with Gasteiger partial charge in [-0.25, -0.2) is 0 Å². The van der Waals surface area contributed by atoms with E-state index in [9.17, 15) is 5.21 Å². The van der Waals surface area contributed by atoms with Crippen LogP contribution in [0.5, 0.6) is 0 Å². The molecule has 38 heavy (non-hydrogen) atoms. The number of hydrogen-bond acceptors (Lipinski definition) is 6. The highest BCUT2D eigenvalue weighted by Gasteiger charge is 2.22. The zero-order valence-corrected chi connectivity index (χ0v) is 22.3. The fourth-order valence-electron chi connectivity index (χ4n) is 5.17. The average Bonchev–Trinajstić information content (AvgIpc) is 3.01. The van der Waals surface area contributed by atoms with Crippen molar-refractivity contribution in [3.63, 3.8) is 0 Å². The summed E-state index contributed by atoms with van der Waals surface area (Å²) in [6.07, 6.45) is 0.274. The molecule has 0 bridgehead atoms. The van der Waals surface area contributed by atoms with Crippen molar-refractivity contribution in [3.8, 4) is 0 Å². The molecular weight excluding hydrogens is 519 g/mol. The second-order valence-electron chi connectivity index (χ2n) is 9.48. The fourth-order valence-corrected chi connectivity index (χ4v) is 5.50. The van der Waals surface area contributed by atoms with E-state index in [-0.39, 0.29) is 26.2 Å². The Morgan fingerprint density at radius 1 is 0.763 bits per heavy atom. The highest BCUT2D eigenvalue weighted by atomic mass is 35.5. The Hall–Kier alpha value is -2.84. The molecule has 4 heterocycles. The van der Waals surface area contributed by atoms with E-state index in [4.69, 9.17) is 31.4 Å². The lowest BCUT2D eigenvalue weighted by Gasteiger charge is -2.38. The van der Waals surface area contributed by atoms with Crippen LogP contribution in [0.2, 0.25) is 10.0 Å². The van der Waals surface area contributed by atoms with E-state index in [1.165, 1.54) is 16.0 Å². The normalized spacial score (nSPS) is 21.0. The van der Waals surface area contributed by atoms with Crippen molar-refractivity contribution in [3.05, 3.63) is 76.2 Å². The predicted octanol–water partition coefficient (Wildman–Crippen LogP) is 4.66. The second-order valence-corrected chi connectivity index (χ2v) is 10.3. The topological polar surface area (TPSA) is 52.8 Å². The fraction of sp³-hybridized carbons (Fsp3) is 0.379. The van der Waals surface area contributed by atoms with Crippen molar-refractivity contribution in [2.24, 2.45) is 0 Å². The van der Waals surface area contributed by atoms with Crippen LogP contribution in [0.15, 0.2) is 60.9 Å². The quantitative estimate of drug-likeness (QED) is 0.254. The largest absolute Gasteiger partial charge is 0.618 e. The lowest BCUT2D eigenvalue weighted by atomic mass is 10.1. The van der Waals surface area contributed by atoms with Gasteiger partial charge in [0.25, 0.3) is 0 Å². The third kappa shape index (κ3) is 5.34. The first kappa shape index (κ1) is 19.3. The number of halogens is 2. The summed E-state index contributed by atoms with van der Waals surface area (Å²) in [5.74, 6) is 0. The molecule has 9 heteroatoms. The Labute approximate surface area is 241 Å². The van der Waals surface area contributed by atoms with Crippen LogP contribution in [0, 0.1) is 5.21 Å². The van der Waals surface area contributed by atoms with Crippen LogP contribution in [0.1, 0.15) is 14.6 Å². The molecule has 0 atom stereocenters. The van der Waals surface area contributed by atoms with Crippen molar-refractivity contribution >= 4 is 56.4 Å². The number of nitrogens with zero attached hydrogens (tertiary/aromatic N) is 6. The smallest absolute Gasteiger partial charge is 0.227 e. The summed E-state index contributed by atoms with van der Waals surface area (Å²) in [6.45, 7) is -2.73. The number of benzene rings is 2. The Balaban J connectivity index is 1.14. The summed E-state index contributed by atoms with van der Waals surface area (Å²) in [5, 5.41) is 15.0. The summed E-state index contributed by atoms with van der Waals surface area (Å²) in [5.41, 5.74) is 2.95. The maximum Gasteiger partial charge on any atom is 0.227 e. The summed E-state index contributed by atoms with van der Waals surface area (Å²) in [7, 11) is 0. The predicted molar refractivity (Wildman–Crippen MR) is 157 cm³/mol. The Morgan fingerprint density at radius 3 is 2.00 bits per heavy atom. The van der Waals surface area contributed by atoms with E-state index in [0.717, 1.165) is 32.4 Å². The minimum absolute atomic E-state index is 0.177. The van der Waals surface area contributed by atoms with Gasteiger partial charge >= 0.3 is 0 Å². The summed E-state index contributed by atoms with van der Waals surface area (Å²) >= 11 is 12.2. The minimum Gasteiger partial charge on any atom is -0.618 e. The van der Waals surface area contributed by atoms with Gasteiger partial charge in [-0.15, -0.1) is 0 Å². The van der Waals surface area contributed by atoms with E-state index < -0.39 is 19.4 Å². The number of fused-ring (bicyclic) bond motifs is 2. The van der Waals surface area contributed by atoms with Crippen molar-refractivity contribution < 1.29 is 13.0 Å². The summed E-state index contributed by atoms with van der Waals surface area (Å²) in [6, 6.07) is 14.2. The van der Waals surface area contributed by atoms with Gasteiger partial charge in [0.05, 0.1) is 16.6 Å². The monoisotopic (exact) mass is 556 g/mol. The van der Waals surface area contributed by atoms with Gasteiger partial charge in [0, 0.05) is 100 Å². The highest BCUT2D eigenvalue weighted by molar-refractivity contribution is 6.31. The van der Waals surface area contributed by atoms with Crippen molar-refractivity contribution in [1.29, 1.82) is 0 Å². The van der Waals surface area contributed by atoms with Gasteiger partial charge in [-0.1, -0.05) is 23.2 Å². The number of pyridine rings is 2. The van der Waals surface area contributed by atoms with Gasteiger partial charge in [0.2, 0.25) is 5.52 Å². The third-order valence-electron chi connectivity index (χ3n) is 7.19. The molecule has 198 valence electrons. The van der Waals surface area contributed by atoms with Crippen molar-refractivity contribution in [1.82, 2.24) is 14.8 Å². The van der Waals surface area contributed by atoms with E-state index in [1.807, 2.05) is 17.0 Å². The van der Waals surface area contributed by atoms with Gasteiger partial charge in [0.15, 0.2) is 6.20 Å². The molecule has 2 aliphatic rings. The lowest BCUT2D eigenvalue weighted by Crippen LogP contribution is -2.49. The molecule has 0 saturated carbocycles. The summed E-state index contributed by atoms with van der Waals surface area (Å²) in [4.78, 5) is 11.3. The van der Waals surface area contributed by atoms with E-state index in [1.54, 1.807) is 42.6 Å². The van der Waals surface area contributed by atoms with Crippen LogP contribution in [-0.4, -0.2) is 80.1 Å². The molecule has 2 fully saturated rings. The van der Waals surface area contributed by atoms with Crippen LogP contribution in [0.4, 0.5) is 11.4 Å². The Morgan fingerprint density at radius 2 is 1.34 bits per heavy atom. The molecule has 2 aliphatic heterocycles. The number of hydrogen-bond donors (Lipinski definition) is 0. The third-order valence-corrected chi connectivity index (χ3v) is 7.66. The highest BCUT2D eigenvalue weighted by Crippen LogP contribution is 2.29. The molecule has 0 spiro atoms. The molecular formula is C29H32Cl2N6O. The van der Waals surface area contributed by atoms with Crippen LogP contribution >= 0.6 is 23.2 Å². The molecule has 0 unspecified atom stereocenters. The van der Waals surface area contributed by atoms with Gasteiger partial charge in [-0.2, -0.15) is 4.73 Å². The van der Waals surface area contributed by atoms with Gasteiger partial charge < -0.3 is 15.0 Å². The Kier molecular flexibility index (Phi) is 5.63. The molecule has 4 aromatic rings. The van der Waals surface area contributed by atoms with Crippen LogP contribution in [0.3, 0.4) is 0 Å². The molecule has 2 aromatic heterocycles. The van der Waals surface area contributed by atoms with Gasteiger partial charge in [-0.05, 0) is 55.8 Å². The van der Waals surface area contributed by atoms with Crippen molar-refractivity contribution in [2.75, 3.05) is 75.2 Å². The van der Waals surface area contributed by atoms with Crippen LogP contribution in [0.25, 0.3) is 21.8 Å².